The highest BCUT2D eigenvalue weighted by Crippen LogP contribution is 2.31. The predicted molar refractivity (Wildman–Crippen MR) is 151 cm³/mol. The molecular weight excluding hydrogens is 506 g/mol. The number of fused-ring (bicyclic) bond motifs is 1. The van der Waals surface area contributed by atoms with Crippen LogP contribution in [0.2, 0.25) is 0 Å². The summed E-state index contributed by atoms with van der Waals surface area (Å²) in [6, 6.07) is 16.3. The van der Waals surface area contributed by atoms with E-state index in [2.05, 4.69) is 41.0 Å². The molecule has 2 aromatic carbocycles. The molecule has 7 nitrogen and oxygen atoms in total. The Labute approximate surface area is 227 Å². The Morgan fingerprint density at radius 2 is 1.57 bits per heavy atom. The molecule has 2 aromatic heterocycles. The summed E-state index contributed by atoms with van der Waals surface area (Å²) in [6.07, 6.45) is 7.40. The lowest BCUT2D eigenvalue weighted by molar-refractivity contribution is 0.0697. The minimum Gasteiger partial charge on any atom is -0.478 e. The molecule has 3 heterocycles. The second kappa shape index (κ2) is 10.8. The van der Waals surface area contributed by atoms with Crippen molar-refractivity contribution in [1.29, 1.82) is 0 Å². The van der Waals surface area contributed by atoms with Gasteiger partial charge in [-0.25, -0.2) is 14.3 Å². The molecule has 4 aromatic rings. The van der Waals surface area contributed by atoms with Gasteiger partial charge in [-0.2, -0.15) is 5.10 Å². The van der Waals surface area contributed by atoms with Crippen LogP contribution in [-0.2, 0) is 0 Å². The first-order valence-electron chi connectivity index (χ1n) is 12.8. The second-order valence-corrected chi connectivity index (χ2v) is 11.1. The summed E-state index contributed by atoms with van der Waals surface area (Å²) in [4.78, 5) is 21.8. The quantitative estimate of drug-likeness (QED) is 0.339. The van der Waals surface area contributed by atoms with Crippen molar-refractivity contribution < 1.29 is 9.90 Å². The normalized spacial score (nSPS) is 20.6. The van der Waals surface area contributed by atoms with Crippen LogP contribution in [-0.4, -0.2) is 62.8 Å². The van der Waals surface area contributed by atoms with Gasteiger partial charge < -0.3 is 10.0 Å². The number of rotatable bonds is 5. The molecule has 0 spiro atoms. The number of carboxylic acids is 1. The molecule has 2 fully saturated rings. The number of nitrogens with zero attached hydrogens (tertiary/aromatic N) is 5. The third kappa shape index (κ3) is 5.37. The summed E-state index contributed by atoms with van der Waals surface area (Å²) in [5.41, 5.74) is 4.31. The summed E-state index contributed by atoms with van der Waals surface area (Å²) >= 11 is 1.56. The minimum absolute atomic E-state index is 0. The standard InChI is InChI=1S/C28H31N5O2S.ClH/c1-19-2-10-23(11-3-19)31-14-16-32(17-15-31)24-12-8-21(9-13-24)26-30-33-18-25(29-28(33)36-26)20-4-6-22(7-5-20)27(34)35;/h4-9,12-13,18-19,23H,2-3,10-11,14-17H2,1H3,(H,34,35);1H. The number of carbonyl (C=O) groups is 1. The van der Waals surface area contributed by atoms with Crippen LogP contribution < -0.4 is 4.90 Å². The summed E-state index contributed by atoms with van der Waals surface area (Å²) in [7, 11) is 0. The van der Waals surface area contributed by atoms with Gasteiger partial charge in [0, 0.05) is 49.0 Å². The maximum absolute atomic E-state index is 11.1. The fourth-order valence-electron chi connectivity index (χ4n) is 5.51. The first-order chi connectivity index (χ1) is 17.5. The van der Waals surface area contributed by atoms with Crippen molar-refractivity contribution in [2.45, 2.75) is 38.6 Å². The van der Waals surface area contributed by atoms with Crippen molar-refractivity contribution in [3.8, 4) is 21.8 Å². The smallest absolute Gasteiger partial charge is 0.335 e. The third-order valence-corrected chi connectivity index (χ3v) is 8.74. The van der Waals surface area contributed by atoms with E-state index in [0.717, 1.165) is 64.9 Å². The number of halogens is 1. The molecule has 1 N–H and O–H groups in total. The topological polar surface area (TPSA) is 74.0 Å². The van der Waals surface area contributed by atoms with Crippen LogP contribution >= 0.6 is 23.7 Å². The molecule has 0 radical (unpaired) electrons. The van der Waals surface area contributed by atoms with Gasteiger partial charge in [0.15, 0.2) is 0 Å². The van der Waals surface area contributed by atoms with Gasteiger partial charge in [-0.05, 0) is 68.0 Å². The van der Waals surface area contributed by atoms with Crippen molar-refractivity contribution in [1.82, 2.24) is 19.5 Å². The van der Waals surface area contributed by atoms with Crippen LogP contribution in [0.15, 0.2) is 54.7 Å². The van der Waals surface area contributed by atoms with Crippen molar-refractivity contribution in [2.24, 2.45) is 5.92 Å². The van der Waals surface area contributed by atoms with Gasteiger partial charge in [-0.1, -0.05) is 30.4 Å². The zero-order chi connectivity index (χ0) is 24.6. The van der Waals surface area contributed by atoms with Gasteiger partial charge in [0.25, 0.3) is 0 Å². The van der Waals surface area contributed by atoms with E-state index in [-0.39, 0.29) is 18.0 Å². The van der Waals surface area contributed by atoms with Crippen LogP contribution in [0.5, 0.6) is 0 Å². The van der Waals surface area contributed by atoms with E-state index in [1.807, 2.05) is 6.20 Å². The predicted octanol–water partition coefficient (Wildman–Crippen LogP) is 5.95. The second-order valence-electron chi connectivity index (χ2n) is 10.1. The molecule has 0 bridgehead atoms. The van der Waals surface area contributed by atoms with Crippen molar-refractivity contribution in [3.05, 3.63) is 60.3 Å². The number of piperazine rings is 1. The van der Waals surface area contributed by atoms with E-state index >= 15 is 0 Å². The molecular formula is C28H32ClN5O2S. The minimum atomic E-state index is -0.930. The summed E-state index contributed by atoms with van der Waals surface area (Å²) in [6.45, 7) is 6.89. The SMILES string of the molecule is CC1CCC(N2CCN(c3ccc(-c4nn5cc(-c6ccc(C(=O)O)cc6)nc5s4)cc3)CC2)CC1.Cl. The molecule has 1 saturated carbocycles. The van der Waals surface area contributed by atoms with E-state index in [1.54, 1.807) is 40.1 Å². The van der Waals surface area contributed by atoms with Crippen LogP contribution in [0.3, 0.4) is 0 Å². The van der Waals surface area contributed by atoms with Gasteiger partial charge in [0.05, 0.1) is 17.5 Å². The van der Waals surface area contributed by atoms with Crippen molar-refractivity contribution in [3.63, 3.8) is 0 Å². The molecule has 1 saturated heterocycles. The monoisotopic (exact) mass is 537 g/mol. The third-order valence-electron chi connectivity index (χ3n) is 7.77. The summed E-state index contributed by atoms with van der Waals surface area (Å²) in [5.74, 6) is -0.0239. The Hall–Kier alpha value is -2.94. The molecule has 2 aliphatic rings. The zero-order valence-electron chi connectivity index (χ0n) is 20.9. The van der Waals surface area contributed by atoms with Gasteiger partial charge in [0.1, 0.15) is 5.01 Å². The number of hydrogen-bond donors (Lipinski definition) is 1. The van der Waals surface area contributed by atoms with Gasteiger partial charge in [-0.3, -0.25) is 4.90 Å². The van der Waals surface area contributed by atoms with Crippen molar-refractivity contribution >= 4 is 40.4 Å². The first-order valence-corrected chi connectivity index (χ1v) is 13.6. The fraction of sp³-hybridized carbons (Fsp3) is 0.393. The highest BCUT2D eigenvalue weighted by molar-refractivity contribution is 7.19. The molecule has 9 heteroatoms. The number of benzene rings is 2. The molecule has 194 valence electrons. The lowest BCUT2D eigenvalue weighted by Gasteiger charge is -2.42. The van der Waals surface area contributed by atoms with Gasteiger partial charge >= 0.3 is 5.97 Å². The lowest BCUT2D eigenvalue weighted by atomic mass is 9.86. The highest BCUT2D eigenvalue weighted by atomic mass is 35.5. The Balaban J connectivity index is 0.00000280. The van der Waals surface area contributed by atoms with E-state index in [4.69, 9.17) is 15.2 Å². The number of hydrogen-bond acceptors (Lipinski definition) is 6. The fourth-order valence-corrected chi connectivity index (χ4v) is 6.39. The average molecular weight is 538 g/mol. The number of aromatic nitrogens is 3. The Kier molecular flexibility index (Phi) is 7.51. The van der Waals surface area contributed by atoms with E-state index in [1.165, 1.54) is 31.4 Å². The number of imidazole rings is 1. The number of carboxylic acid groups (broad SMARTS) is 1. The van der Waals surface area contributed by atoms with Gasteiger partial charge in [0.2, 0.25) is 4.96 Å². The average Bonchev–Trinajstić information content (AvgIpc) is 3.49. The maximum Gasteiger partial charge on any atom is 0.335 e. The largest absolute Gasteiger partial charge is 0.478 e. The molecule has 0 amide bonds. The molecule has 0 atom stereocenters. The van der Waals surface area contributed by atoms with Gasteiger partial charge in [-0.15, -0.1) is 12.4 Å². The first kappa shape index (κ1) is 25.7. The lowest BCUT2D eigenvalue weighted by Crippen LogP contribution is -2.51. The molecule has 0 unspecified atom stereocenters. The maximum atomic E-state index is 11.1. The molecule has 37 heavy (non-hydrogen) atoms. The van der Waals surface area contributed by atoms with E-state index in [0.29, 0.717) is 0 Å². The van der Waals surface area contributed by atoms with Crippen molar-refractivity contribution in [2.75, 3.05) is 31.1 Å². The number of anilines is 1. The van der Waals surface area contributed by atoms with Crippen LogP contribution in [0.25, 0.3) is 26.8 Å². The Bertz CT molecular complexity index is 1320. The highest BCUT2D eigenvalue weighted by Gasteiger charge is 2.27. The Morgan fingerprint density at radius 1 is 0.919 bits per heavy atom. The summed E-state index contributed by atoms with van der Waals surface area (Å²) in [5, 5.41) is 14.8. The molecule has 1 aliphatic heterocycles. The van der Waals surface area contributed by atoms with E-state index in [9.17, 15) is 4.79 Å². The molecule has 1 aliphatic carbocycles. The zero-order valence-corrected chi connectivity index (χ0v) is 22.5. The Morgan fingerprint density at radius 3 is 2.19 bits per heavy atom. The van der Waals surface area contributed by atoms with Crippen LogP contribution in [0.1, 0.15) is 43.0 Å². The number of aromatic carboxylic acids is 1. The van der Waals surface area contributed by atoms with Crippen LogP contribution in [0.4, 0.5) is 5.69 Å². The summed E-state index contributed by atoms with van der Waals surface area (Å²) < 4.78 is 1.81. The molecule has 6 rings (SSSR count). The van der Waals surface area contributed by atoms with Crippen LogP contribution in [0, 0.1) is 5.92 Å². The van der Waals surface area contributed by atoms with E-state index < -0.39 is 5.97 Å².